The van der Waals surface area contributed by atoms with Gasteiger partial charge in [-0.1, -0.05) is 150 Å². The molecular formula is C109H186ClN19O21. The van der Waals surface area contributed by atoms with E-state index in [1.165, 1.54) is 39.8 Å². The van der Waals surface area contributed by atoms with Crippen molar-refractivity contribution in [3.8, 4) is 22.5 Å². The van der Waals surface area contributed by atoms with Crippen LogP contribution in [-0.2, 0) is 95.7 Å². The lowest BCUT2D eigenvalue weighted by atomic mass is 9.78. The molecule has 40 nitrogen and oxygen atoms in total. The van der Waals surface area contributed by atoms with Crippen LogP contribution >= 0.6 is 12.4 Å². The largest absolute Gasteiger partial charge is 0.479 e. The van der Waals surface area contributed by atoms with Crippen molar-refractivity contribution in [1.82, 2.24) is 65.1 Å². The third-order valence-electron chi connectivity index (χ3n) is 29.2. The number of ether oxygens (including phenoxy) is 12. The molecule has 0 bridgehead atoms. The number of likely N-dealkylation sites (N-methyl/N-ethyl adjacent to an activating group) is 2. The highest BCUT2D eigenvalue weighted by Gasteiger charge is 2.62. The number of nitrogens with zero attached hydrogens (tertiary/aromatic N) is 12. The Morgan fingerprint density at radius 3 is 1.42 bits per heavy atom. The number of rotatable bonds is 32. The summed E-state index contributed by atoms with van der Waals surface area (Å²) in [5, 5.41) is 57.1. The molecule has 26 atom stereocenters. The predicted octanol–water partition coefficient (Wildman–Crippen LogP) is 13.7. The number of aliphatic hydroxyl groups is 2. The number of nitrogens with one attached hydrogen (secondary N) is 4. The number of nitrogen functional groups attached to an aromatic ring is 1. The number of carbonyl (C=O) groups is 7. The number of aliphatic imine (C=N–C) groups is 1. The number of benzene rings is 3. The Hall–Kier alpha value is -9.50. The number of hydrogen-bond acceptors (Lipinski definition) is 34. The highest BCUT2D eigenvalue weighted by molar-refractivity contribution is 6.01. The van der Waals surface area contributed by atoms with Crippen LogP contribution in [0.5, 0.6) is 0 Å². The summed E-state index contributed by atoms with van der Waals surface area (Å²) >= 11 is 0. The lowest BCUT2D eigenvalue weighted by Gasteiger charge is -2.47. The number of aryl methyl sites for hydroxylation is 2. The number of Topliss-reactive ketones (excluding diaryl/α,β-unsaturated/α-hetero) is 2. The van der Waals surface area contributed by atoms with Gasteiger partial charge in [0.05, 0.1) is 73.0 Å². The number of nitrogens with two attached hydrogens (primary N) is 3. The van der Waals surface area contributed by atoms with Crippen molar-refractivity contribution in [2.75, 3.05) is 112 Å². The molecule has 11 rings (SSSR count). The van der Waals surface area contributed by atoms with Gasteiger partial charge in [0.25, 0.3) is 0 Å². The molecular weight excluding hydrogens is 1950 g/mol. The van der Waals surface area contributed by atoms with E-state index in [4.69, 9.17) is 79.5 Å². The zero-order valence-corrected chi connectivity index (χ0v) is 92.5. The van der Waals surface area contributed by atoms with Crippen molar-refractivity contribution in [1.29, 1.82) is 5.41 Å². The third kappa shape index (κ3) is 35.5. The molecule has 2 aromatic heterocycles. The van der Waals surface area contributed by atoms with Crippen LogP contribution in [0, 0.1) is 40.9 Å². The molecule has 0 aliphatic carbocycles. The fourth-order valence-corrected chi connectivity index (χ4v) is 21.0. The summed E-state index contributed by atoms with van der Waals surface area (Å²) in [7, 11) is 10.6. The van der Waals surface area contributed by atoms with E-state index < -0.39 is 167 Å². The fourth-order valence-electron chi connectivity index (χ4n) is 21.0. The number of anilines is 2. The fraction of sp³-hybridized carbons (Fsp3) is 0.716. The molecule has 6 fully saturated rings. The van der Waals surface area contributed by atoms with Gasteiger partial charge in [0, 0.05) is 105 Å². The number of halogens is 1. The second-order valence-corrected chi connectivity index (χ2v) is 42.1. The molecule has 8 heterocycles. The number of carbonyl (C=O) groups excluding carboxylic acids is 7. The van der Waals surface area contributed by atoms with Crippen LogP contribution in [-0.4, -0.2) is 346 Å². The summed E-state index contributed by atoms with van der Waals surface area (Å²) in [6.07, 6.45) is 0.494. The third-order valence-corrected chi connectivity index (χ3v) is 29.2. The first-order chi connectivity index (χ1) is 69.1. The minimum atomic E-state index is -1.27. The van der Waals surface area contributed by atoms with Gasteiger partial charge in [-0.15, -0.1) is 22.6 Å². The standard InChI is InChI=1S/C48H78N8O11.C44H71N9O9.C8H9NO.C6H15N.3CH4.ClH/c1-14-37-48(10)40(56(45(61)67-48)21-16-15-20-55-27-35(52-53-55)32-18-17-19-33(22-32)51-44(60)66-46(6,7)8)31(5)50-26-28(2)24-47(9,62-13)41(29(3)38(57)30(4)42(59)64-37)65-43-39(58)36(54(11)12)23-34(25-49)63-43;1-11-35-44(7)38(53(42(57)62-44)18-13-12-17-52-24-33(49-50-52)30-15-14-16-31(46)19-30)29(5)48-22-26(2)21-43(6,58-10)39(27(3)36(54)28(4)40(56)60-35)61-41-37(55)34(51(8)9)20-32(59-41)23-47-25-45;9-7-10-6-8-4-2-1-3-5-8;1-4-7(5-2)6-3;;;;/h17-19,22,27-31,34,36-37,39-41,43,50,58H,14-16,20-21,23-26,49H2,1-13H3,(H,51,60);14-16,19,24-29,32,34-35,37-39,41,48,55H,11-13,17-18,20-23,46H2,1-10H3,(H2,45,47);1-5,7,9H,6H2;4-6H2,1-3H3;3*1H4;1H/t28-,29+,30-,31-,34?,36?,37-,39?,40-,41-,43+,47-,48-;26-,27+,28-,29-,32?,34?,35-,37?,38-,39-,41+,43-,44-;;;;;;/m11....../s1. The highest BCUT2D eigenvalue weighted by Crippen LogP contribution is 2.45. The van der Waals surface area contributed by atoms with E-state index in [9.17, 15) is 43.8 Å². The molecule has 5 aromatic rings. The average molecular weight is 2130 g/mol. The van der Waals surface area contributed by atoms with Gasteiger partial charge in [0.1, 0.15) is 59.8 Å². The van der Waals surface area contributed by atoms with E-state index >= 15 is 0 Å². The maximum atomic E-state index is 14.5. The molecule has 3 amide bonds. The number of hydrogen-bond donors (Lipinski definition) is 9. The first kappa shape index (κ1) is 133. The van der Waals surface area contributed by atoms with Gasteiger partial charge >= 0.3 is 30.2 Å². The Balaban J connectivity index is 0.000000526. The van der Waals surface area contributed by atoms with Crippen LogP contribution in [0.25, 0.3) is 22.5 Å². The molecule has 6 aliphatic rings. The molecule has 6 unspecified atom stereocenters. The van der Waals surface area contributed by atoms with E-state index in [-0.39, 0.29) is 83.8 Å². The topological polar surface area (TPSA) is 499 Å². The lowest BCUT2D eigenvalue weighted by molar-refractivity contribution is -0.296. The minimum Gasteiger partial charge on any atom is -0.479 e. The number of ketones is 2. The number of aromatic nitrogens is 6. The number of cyclic esters (lactones) is 2. The number of fused-ring (bicyclic) bond motifs is 2. The summed E-state index contributed by atoms with van der Waals surface area (Å²) < 4.78 is 77.0. The number of amides is 3. The molecule has 41 heteroatoms. The maximum absolute atomic E-state index is 14.5. The van der Waals surface area contributed by atoms with Crippen molar-refractivity contribution in [3.05, 3.63) is 96.8 Å². The van der Waals surface area contributed by atoms with Crippen LogP contribution in [0.15, 0.2) is 96.2 Å². The van der Waals surface area contributed by atoms with E-state index in [2.05, 4.69) is 81.1 Å². The molecule has 6 saturated heterocycles. The van der Waals surface area contributed by atoms with E-state index in [0.717, 1.165) is 28.8 Å². The SMILES string of the molecule is C.C.C.CCN(CC)CC.CC[C@H]1OC(=O)[C@H](C)C(=O)[C@H](C)[C@@H](O[C@@H]2OC(CN)CC(N(C)C)C2O)[C@](C)(OC)C[C@@H](C)CN[C@H](C)[C@H]2N(CCCCn3cc(-c4cccc(NC(=O)OC(C)(C)C)c4)nn3)C(=O)O[C@]12C.CC[C@H]1OC(=O)[C@H](C)C(=O)[C@H](C)[C@@H](O[C@@H]2OC(CN=CN)CC(N(C)C)C2O)[C@](C)(OC)C[C@@H](C)CN[C@H](C)[C@H]2N(CCCCn3cc(-c4cccc(N)c4)nn3)C(=O)O[C@]12C.Cl.N=COCc1ccccc1. The maximum Gasteiger partial charge on any atom is 0.412 e. The van der Waals surface area contributed by atoms with Crippen LogP contribution < -0.4 is 33.2 Å². The Labute approximate surface area is 898 Å². The summed E-state index contributed by atoms with van der Waals surface area (Å²) in [5.41, 5.74) is 17.5. The van der Waals surface area contributed by atoms with Crippen LogP contribution in [0.2, 0.25) is 0 Å². The van der Waals surface area contributed by atoms with Crippen molar-refractivity contribution >= 4 is 78.3 Å². The normalized spacial score (nSPS) is 30.7. The van der Waals surface area contributed by atoms with Gasteiger partial charge in [0.2, 0.25) is 0 Å². The van der Waals surface area contributed by atoms with Crippen LogP contribution in [0.3, 0.4) is 0 Å². The molecule has 6 aliphatic heterocycles. The molecule has 850 valence electrons. The second-order valence-electron chi connectivity index (χ2n) is 42.1. The quantitative estimate of drug-likeness (QED) is 0.00367. The van der Waals surface area contributed by atoms with Gasteiger partial charge < -0.3 is 110 Å². The molecule has 150 heavy (non-hydrogen) atoms. The Morgan fingerprint density at radius 1 is 0.613 bits per heavy atom. The zero-order chi connectivity index (χ0) is 108. The van der Waals surface area contributed by atoms with E-state index in [1.807, 2.05) is 166 Å². The summed E-state index contributed by atoms with van der Waals surface area (Å²) in [6, 6.07) is 22.1. The number of aliphatic hydroxyl groups excluding tert-OH is 2. The molecule has 3 aromatic carbocycles. The molecule has 0 spiro atoms. The van der Waals surface area contributed by atoms with Gasteiger partial charge in [-0.25, -0.2) is 14.4 Å². The smallest absolute Gasteiger partial charge is 0.412 e. The summed E-state index contributed by atoms with van der Waals surface area (Å²) in [5.74, 6) is -6.69. The molecule has 12 N–H and O–H groups in total. The first-order valence-electron chi connectivity index (χ1n) is 52.0. The van der Waals surface area contributed by atoms with Crippen molar-refractivity contribution in [3.63, 3.8) is 0 Å². The van der Waals surface area contributed by atoms with Crippen LogP contribution in [0.1, 0.15) is 231 Å². The Morgan fingerprint density at radius 2 is 1.03 bits per heavy atom. The lowest BCUT2D eigenvalue weighted by Crippen LogP contribution is -2.61. The summed E-state index contributed by atoms with van der Waals surface area (Å²) in [4.78, 5) is 111. The first-order valence-corrected chi connectivity index (χ1v) is 52.0. The van der Waals surface area contributed by atoms with Crippen molar-refractivity contribution < 1.29 is 101 Å². The van der Waals surface area contributed by atoms with Crippen molar-refractivity contribution in [2.24, 2.45) is 52.0 Å². The second kappa shape index (κ2) is 61.6. The Bertz CT molecular complexity index is 4940. The zero-order valence-electron chi connectivity index (χ0n) is 91.7. The number of esters is 2. The van der Waals surface area contributed by atoms with E-state index in [1.54, 1.807) is 87.1 Å². The van der Waals surface area contributed by atoms with Crippen LogP contribution in [0.4, 0.5) is 25.8 Å². The van der Waals surface area contributed by atoms with Crippen molar-refractivity contribution in [2.45, 2.75) is 370 Å². The van der Waals surface area contributed by atoms with Gasteiger partial charge in [-0.2, -0.15) is 0 Å². The minimum absolute atomic E-state index is 0. The monoisotopic (exact) mass is 2130 g/mol. The predicted molar refractivity (Wildman–Crippen MR) is 586 cm³/mol. The Kier molecular flexibility index (Phi) is 54.5. The number of unbranched alkanes of at least 4 members (excludes halogenated alkanes) is 2. The molecule has 0 radical (unpaired) electrons. The number of methoxy groups -OCH3 is 2. The highest BCUT2D eigenvalue weighted by atomic mass is 35.5. The average Bonchev–Trinajstić information content (AvgIpc) is 1.60. The van der Waals surface area contributed by atoms with Gasteiger partial charge in [0.15, 0.2) is 41.7 Å². The van der Waals surface area contributed by atoms with E-state index in [0.29, 0.717) is 127 Å². The van der Waals surface area contributed by atoms with Gasteiger partial charge in [-0.05, 0) is 243 Å². The molecule has 0 saturated carbocycles. The van der Waals surface area contributed by atoms with Gasteiger partial charge in [-0.3, -0.25) is 54.1 Å². The summed E-state index contributed by atoms with van der Waals surface area (Å²) in [6.45, 7) is 45.0.